The molecule has 0 saturated carbocycles. The molecule has 2 rings (SSSR count). The number of aliphatic hydroxyl groups excluding tert-OH is 1. The minimum atomic E-state index is -1.05. The molecule has 0 amide bonds. The topological polar surface area (TPSA) is 91.5 Å². The third-order valence-electron chi connectivity index (χ3n) is 2.67. The van der Waals surface area contributed by atoms with Crippen LogP contribution in [-0.4, -0.2) is 62.3 Å². The number of aromatic carboxylic acids is 1. The van der Waals surface area contributed by atoms with E-state index in [2.05, 4.69) is 15.2 Å². The maximum absolute atomic E-state index is 10.6. The van der Waals surface area contributed by atoms with E-state index in [1.54, 1.807) is 4.68 Å². The lowest BCUT2D eigenvalue weighted by molar-refractivity contribution is 0.0689. The first-order valence-electron chi connectivity index (χ1n) is 5.19. The van der Waals surface area contributed by atoms with E-state index in [4.69, 9.17) is 10.2 Å². The van der Waals surface area contributed by atoms with Crippen molar-refractivity contribution in [3.63, 3.8) is 0 Å². The van der Waals surface area contributed by atoms with Crippen LogP contribution in [0.15, 0.2) is 6.20 Å². The summed E-state index contributed by atoms with van der Waals surface area (Å²) in [6.07, 6.45) is 2.22. The quantitative estimate of drug-likeness (QED) is 0.684. The normalized spacial score (nSPS) is 17.3. The highest BCUT2D eigenvalue weighted by atomic mass is 16.4. The van der Waals surface area contributed by atoms with Gasteiger partial charge >= 0.3 is 5.97 Å². The molecule has 1 aromatic rings. The molecule has 0 bridgehead atoms. The second-order valence-corrected chi connectivity index (χ2v) is 3.88. The van der Waals surface area contributed by atoms with Gasteiger partial charge in [0.25, 0.3) is 0 Å². The van der Waals surface area contributed by atoms with E-state index >= 15 is 0 Å². The smallest absolute Gasteiger partial charge is 0.358 e. The van der Waals surface area contributed by atoms with Crippen molar-refractivity contribution in [1.82, 2.24) is 19.9 Å². The number of rotatable bonds is 5. The Morgan fingerprint density at radius 3 is 2.88 bits per heavy atom. The van der Waals surface area contributed by atoms with E-state index in [0.29, 0.717) is 0 Å². The molecule has 1 aliphatic rings. The lowest BCUT2D eigenvalue weighted by Gasteiger charge is -2.38. The summed E-state index contributed by atoms with van der Waals surface area (Å²) in [4.78, 5) is 12.8. The Balaban J connectivity index is 1.84. The van der Waals surface area contributed by atoms with Crippen LogP contribution in [0.5, 0.6) is 0 Å². The number of aromatic nitrogens is 3. The van der Waals surface area contributed by atoms with Crippen molar-refractivity contribution in [2.45, 2.75) is 12.5 Å². The number of carboxylic acids is 1. The Morgan fingerprint density at radius 2 is 2.31 bits per heavy atom. The van der Waals surface area contributed by atoms with Gasteiger partial charge in [-0.25, -0.2) is 9.48 Å². The van der Waals surface area contributed by atoms with Crippen molar-refractivity contribution in [2.24, 2.45) is 0 Å². The Kier molecular flexibility index (Phi) is 3.16. The summed E-state index contributed by atoms with van der Waals surface area (Å²) >= 11 is 0. The van der Waals surface area contributed by atoms with Crippen molar-refractivity contribution in [3.8, 4) is 0 Å². The van der Waals surface area contributed by atoms with Gasteiger partial charge < -0.3 is 10.2 Å². The van der Waals surface area contributed by atoms with Crippen LogP contribution in [0.2, 0.25) is 0 Å². The van der Waals surface area contributed by atoms with Gasteiger partial charge in [-0.2, -0.15) is 0 Å². The highest BCUT2D eigenvalue weighted by molar-refractivity contribution is 5.84. The van der Waals surface area contributed by atoms with Gasteiger partial charge in [-0.1, -0.05) is 5.21 Å². The van der Waals surface area contributed by atoms with Crippen molar-refractivity contribution >= 4 is 5.97 Å². The zero-order valence-corrected chi connectivity index (χ0v) is 8.78. The highest BCUT2D eigenvalue weighted by Gasteiger charge is 2.28. The summed E-state index contributed by atoms with van der Waals surface area (Å²) in [6, 6.07) is 0.208. The van der Waals surface area contributed by atoms with Crippen molar-refractivity contribution in [2.75, 3.05) is 26.2 Å². The Bertz CT molecular complexity index is 373. The molecule has 0 aliphatic carbocycles. The lowest BCUT2D eigenvalue weighted by Crippen LogP contribution is -2.48. The van der Waals surface area contributed by atoms with E-state index in [9.17, 15) is 4.79 Å². The molecule has 0 radical (unpaired) electrons. The molecular weight excluding hydrogens is 212 g/mol. The zero-order valence-electron chi connectivity index (χ0n) is 8.78. The number of nitrogens with zero attached hydrogens (tertiary/aromatic N) is 4. The summed E-state index contributed by atoms with van der Waals surface area (Å²) in [5.74, 6) is -1.05. The molecule has 2 N–H and O–H groups in total. The second kappa shape index (κ2) is 4.58. The third kappa shape index (κ3) is 2.20. The van der Waals surface area contributed by atoms with Crippen molar-refractivity contribution < 1.29 is 15.0 Å². The predicted octanol–water partition coefficient (Wildman–Crippen LogP) is -0.785. The summed E-state index contributed by atoms with van der Waals surface area (Å²) < 4.78 is 1.60. The van der Waals surface area contributed by atoms with Gasteiger partial charge in [0.05, 0.1) is 12.2 Å². The molecule has 0 atom stereocenters. The maximum atomic E-state index is 10.6. The summed E-state index contributed by atoms with van der Waals surface area (Å²) in [5, 5.41) is 24.7. The minimum absolute atomic E-state index is 0.0196. The third-order valence-corrected chi connectivity index (χ3v) is 2.67. The summed E-state index contributed by atoms with van der Waals surface area (Å²) in [5.41, 5.74) is -0.0196. The molecule has 7 nitrogen and oxygen atoms in total. The predicted molar refractivity (Wildman–Crippen MR) is 54.2 cm³/mol. The van der Waals surface area contributed by atoms with Crippen LogP contribution < -0.4 is 0 Å². The minimum Gasteiger partial charge on any atom is -0.476 e. The average molecular weight is 226 g/mol. The van der Waals surface area contributed by atoms with Crippen LogP contribution in [0.1, 0.15) is 23.0 Å². The maximum Gasteiger partial charge on any atom is 0.358 e. The fourth-order valence-corrected chi connectivity index (χ4v) is 1.74. The van der Waals surface area contributed by atoms with Gasteiger partial charge in [0, 0.05) is 26.2 Å². The summed E-state index contributed by atoms with van der Waals surface area (Å²) in [7, 11) is 0. The second-order valence-electron chi connectivity index (χ2n) is 3.88. The van der Waals surface area contributed by atoms with Crippen molar-refractivity contribution in [3.05, 3.63) is 11.9 Å². The molecule has 0 aromatic carbocycles. The molecular formula is C9H14N4O3. The lowest BCUT2D eigenvalue weighted by atomic mass is 10.1. The molecule has 1 fully saturated rings. The molecule has 88 valence electrons. The van der Waals surface area contributed by atoms with Gasteiger partial charge in [-0.3, -0.25) is 4.90 Å². The van der Waals surface area contributed by atoms with Gasteiger partial charge in [-0.05, 0) is 6.42 Å². The van der Waals surface area contributed by atoms with Gasteiger partial charge in [-0.15, -0.1) is 5.10 Å². The molecule has 2 heterocycles. The number of hydrogen-bond donors (Lipinski definition) is 2. The molecule has 1 aliphatic heterocycles. The Hall–Kier alpha value is -1.47. The number of hydrogen-bond acceptors (Lipinski definition) is 5. The van der Waals surface area contributed by atoms with Crippen LogP contribution in [0.4, 0.5) is 0 Å². The number of carboxylic acid groups (broad SMARTS) is 1. The van der Waals surface area contributed by atoms with Crippen LogP contribution in [0, 0.1) is 0 Å². The van der Waals surface area contributed by atoms with E-state index in [-0.39, 0.29) is 18.3 Å². The van der Waals surface area contributed by atoms with Crippen molar-refractivity contribution in [1.29, 1.82) is 0 Å². The zero-order chi connectivity index (χ0) is 11.5. The standard InChI is InChI=1S/C9H14N4O3/c14-3-1-2-12-4-7(5-12)13-6-8(9(15)16)10-11-13/h6-7,14H,1-5H2,(H,15,16). The molecule has 1 aromatic heterocycles. The van der Waals surface area contributed by atoms with E-state index < -0.39 is 5.97 Å². The fourth-order valence-electron chi connectivity index (χ4n) is 1.74. The average Bonchev–Trinajstić information content (AvgIpc) is 2.64. The first-order chi connectivity index (χ1) is 7.70. The molecule has 0 unspecified atom stereocenters. The largest absolute Gasteiger partial charge is 0.476 e. The van der Waals surface area contributed by atoms with E-state index in [1.165, 1.54) is 6.20 Å². The molecule has 16 heavy (non-hydrogen) atoms. The van der Waals surface area contributed by atoms with Gasteiger partial charge in [0.1, 0.15) is 0 Å². The van der Waals surface area contributed by atoms with Crippen LogP contribution in [0.25, 0.3) is 0 Å². The number of aliphatic hydroxyl groups is 1. The summed E-state index contributed by atoms with van der Waals surface area (Å²) in [6.45, 7) is 2.74. The van der Waals surface area contributed by atoms with Crippen LogP contribution >= 0.6 is 0 Å². The Morgan fingerprint density at radius 1 is 1.56 bits per heavy atom. The molecule has 1 saturated heterocycles. The van der Waals surface area contributed by atoms with Gasteiger partial charge in [0.15, 0.2) is 5.69 Å². The highest BCUT2D eigenvalue weighted by Crippen LogP contribution is 2.19. The van der Waals surface area contributed by atoms with E-state index in [0.717, 1.165) is 26.1 Å². The first-order valence-corrected chi connectivity index (χ1v) is 5.19. The van der Waals surface area contributed by atoms with Gasteiger partial charge in [0.2, 0.25) is 0 Å². The van der Waals surface area contributed by atoms with Crippen LogP contribution in [-0.2, 0) is 0 Å². The molecule has 7 heteroatoms. The monoisotopic (exact) mass is 226 g/mol. The number of carbonyl (C=O) groups is 1. The number of likely N-dealkylation sites (tertiary alicyclic amines) is 1. The molecule has 0 spiro atoms. The first kappa shape index (κ1) is 11.0. The fraction of sp³-hybridized carbons (Fsp3) is 0.667. The van der Waals surface area contributed by atoms with Crippen LogP contribution in [0.3, 0.4) is 0 Å². The Labute approximate surface area is 92.3 Å². The van der Waals surface area contributed by atoms with E-state index in [1.807, 2.05) is 0 Å². The SMILES string of the molecule is O=C(O)c1cn(C2CN(CCCO)C2)nn1.